The van der Waals surface area contributed by atoms with E-state index in [9.17, 15) is 22.8 Å². The van der Waals surface area contributed by atoms with E-state index in [1.807, 2.05) is 18.4 Å². The Kier molecular flexibility index (Phi) is 4.55. The van der Waals surface area contributed by atoms with Gasteiger partial charge in [-0.2, -0.15) is 13.2 Å². The lowest BCUT2D eigenvalue weighted by Crippen LogP contribution is -2.46. The second-order valence-electron chi connectivity index (χ2n) is 5.75. The first kappa shape index (κ1) is 17.5. The van der Waals surface area contributed by atoms with E-state index < -0.39 is 23.7 Å². The van der Waals surface area contributed by atoms with Gasteiger partial charge in [0.15, 0.2) is 0 Å². The Morgan fingerprint density at radius 2 is 1.88 bits per heavy atom. The largest absolute Gasteiger partial charge is 0.416 e. The van der Waals surface area contributed by atoms with Gasteiger partial charge in [-0.1, -0.05) is 0 Å². The fourth-order valence-corrected chi connectivity index (χ4v) is 3.80. The Balaban J connectivity index is 1.68. The van der Waals surface area contributed by atoms with Crippen LogP contribution < -0.4 is 5.32 Å². The van der Waals surface area contributed by atoms with Gasteiger partial charge in [-0.05, 0) is 54.6 Å². The summed E-state index contributed by atoms with van der Waals surface area (Å²) in [6.45, 7) is 2.37. The van der Waals surface area contributed by atoms with Crippen LogP contribution in [0, 0.1) is 0 Å². The van der Waals surface area contributed by atoms with Crippen LogP contribution in [0.25, 0.3) is 0 Å². The first-order valence-corrected chi connectivity index (χ1v) is 8.51. The molecule has 1 aromatic carbocycles. The normalized spacial score (nSPS) is 17.1. The predicted octanol–water partition coefficient (Wildman–Crippen LogP) is 4.24. The van der Waals surface area contributed by atoms with Gasteiger partial charge in [0, 0.05) is 17.0 Å². The molecule has 0 saturated heterocycles. The van der Waals surface area contributed by atoms with Crippen molar-refractivity contribution >= 4 is 23.3 Å². The number of nitrogens with one attached hydrogen (secondary N) is 1. The van der Waals surface area contributed by atoms with Crippen LogP contribution in [0.3, 0.4) is 0 Å². The molecule has 0 saturated carbocycles. The minimum Gasteiger partial charge on any atom is -0.317 e. The van der Waals surface area contributed by atoms with Crippen LogP contribution in [0.5, 0.6) is 0 Å². The van der Waals surface area contributed by atoms with E-state index in [0.29, 0.717) is 6.54 Å². The molecule has 4 nitrogen and oxygen atoms in total. The van der Waals surface area contributed by atoms with Crippen LogP contribution in [0.15, 0.2) is 35.7 Å². The van der Waals surface area contributed by atoms with E-state index in [1.54, 1.807) is 16.2 Å². The monoisotopic (exact) mass is 368 g/mol. The van der Waals surface area contributed by atoms with Gasteiger partial charge >= 0.3 is 12.2 Å². The molecular weight excluding hydrogens is 353 g/mol. The van der Waals surface area contributed by atoms with Gasteiger partial charge in [0.05, 0.1) is 11.6 Å². The van der Waals surface area contributed by atoms with Gasteiger partial charge in [0.1, 0.15) is 0 Å². The van der Waals surface area contributed by atoms with Crippen molar-refractivity contribution in [3.8, 4) is 0 Å². The molecule has 0 radical (unpaired) electrons. The summed E-state index contributed by atoms with van der Waals surface area (Å²) in [5, 5.41) is 4.22. The first-order valence-electron chi connectivity index (χ1n) is 7.63. The van der Waals surface area contributed by atoms with Gasteiger partial charge < -0.3 is 4.90 Å². The number of carbonyl (C=O) groups is 2. The molecule has 1 atom stereocenters. The minimum atomic E-state index is -4.47. The summed E-state index contributed by atoms with van der Waals surface area (Å²) in [6.07, 6.45) is -3.74. The van der Waals surface area contributed by atoms with E-state index in [-0.39, 0.29) is 11.6 Å². The van der Waals surface area contributed by atoms with Crippen molar-refractivity contribution in [1.29, 1.82) is 0 Å². The Bertz CT molecular complexity index is 799. The molecule has 1 aliphatic heterocycles. The lowest BCUT2D eigenvalue weighted by atomic mass is 10.0. The maximum atomic E-state index is 12.6. The number of hydrogen-bond donors (Lipinski definition) is 1. The number of urea groups is 1. The summed E-state index contributed by atoms with van der Waals surface area (Å²) in [7, 11) is 0. The molecule has 1 N–H and O–H groups in total. The van der Waals surface area contributed by atoms with Crippen molar-refractivity contribution < 1.29 is 22.8 Å². The van der Waals surface area contributed by atoms with Crippen LogP contribution in [0.2, 0.25) is 0 Å². The molecule has 2 aromatic rings. The SMILES string of the molecule is C[C@H]1c2ccsc2CCN1C(=O)NC(=O)c1ccc(C(F)(F)F)cc1. The Morgan fingerprint density at radius 1 is 1.20 bits per heavy atom. The molecule has 0 aliphatic carbocycles. The number of hydrogen-bond acceptors (Lipinski definition) is 3. The highest BCUT2D eigenvalue weighted by Crippen LogP contribution is 2.33. The standard InChI is InChI=1S/C17H15F3N2O2S/c1-10-13-7-9-25-14(13)6-8-22(10)16(24)21-15(23)11-2-4-12(5-3-11)17(18,19)20/h2-5,7,9-10H,6,8H2,1H3,(H,21,23,24)/t10-/m0/s1. The quantitative estimate of drug-likeness (QED) is 0.819. The Morgan fingerprint density at radius 3 is 2.52 bits per heavy atom. The average molecular weight is 368 g/mol. The number of fused-ring (bicyclic) bond motifs is 1. The second-order valence-corrected chi connectivity index (χ2v) is 6.75. The molecule has 2 heterocycles. The van der Waals surface area contributed by atoms with Gasteiger partial charge in [-0.3, -0.25) is 10.1 Å². The minimum absolute atomic E-state index is 0.00207. The fraction of sp³-hybridized carbons (Fsp3) is 0.294. The van der Waals surface area contributed by atoms with Gasteiger partial charge in [-0.15, -0.1) is 11.3 Å². The van der Waals surface area contributed by atoms with Crippen LogP contribution in [0.1, 0.15) is 39.3 Å². The molecule has 0 unspecified atom stereocenters. The zero-order valence-electron chi connectivity index (χ0n) is 13.3. The number of halogens is 3. The van der Waals surface area contributed by atoms with Crippen LogP contribution in [-0.4, -0.2) is 23.4 Å². The molecule has 1 aliphatic rings. The van der Waals surface area contributed by atoms with E-state index in [4.69, 9.17) is 0 Å². The van der Waals surface area contributed by atoms with Gasteiger partial charge in [0.25, 0.3) is 5.91 Å². The number of alkyl halides is 3. The summed E-state index contributed by atoms with van der Waals surface area (Å²) in [4.78, 5) is 27.3. The topological polar surface area (TPSA) is 49.4 Å². The number of nitrogens with zero attached hydrogens (tertiary/aromatic N) is 1. The molecule has 25 heavy (non-hydrogen) atoms. The van der Waals surface area contributed by atoms with Crippen LogP contribution >= 0.6 is 11.3 Å². The Labute approximate surface area is 146 Å². The van der Waals surface area contributed by atoms with Crippen LogP contribution in [-0.2, 0) is 12.6 Å². The number of benzene rings is 1. The highest BCUT2D eigenvalue weighted by molar-refractivity contribution is 7.10. The molecule has 3 amide bonds. The smallest absolute Gasteiger partial charge is 0.317 e. The summed E-state index contributed by atoms with van der Waals surface area (Å²) >= 11 is 1.64. The molecule has 1 aromatic heterocycles. The van der Waals surface area contributed by atoms with E-state index in [1.165, 1.54) is 4.88 Å². The lowest BCUT2D eigenvalue weighted by molar-refractivity contribution is -0.137. The van der Waals surface area contributed by atoms with Crippen LogP contribution in [0.4, 0.5) is 18.0 Å². The van der Waals surface area contributed by atoms with Crippen molar-refractivity contribution in [2.24, 2.45) is 0 Å². The Hall–Kier alpha value is -2.35. The maximum absolute atomic E-state index is 12.6. The second kappa shape index (κ2) is 6.51. The summed E-state index contributed by atoms with van der Waals surface area (Å²) in [5.74, 6) is -0.720. The first-order chi connectivity index (χ1) is 11.8. The van der Waals surface area contributed by atoms with E-state index in [2.05, 4.69) is 5.32 Å². The molecule has 8 heteroatoms. The number of carbonyl (C=O) groups excluding carboxylic acids is 2. The van der Waals surface area contributed by atoms with Gasteiger partial charge in [-0.25, -0.2) is 4.79 Å². The highest BCUT2D eigenvalue weighted by Gasteiger charge is 2.31. The summed E-state index contributed by atoms with van der Waals surface area (Å²) < 4.78 is 37.7. The predicted molar refractivity (Wildman–Crippen MR) is 87.5 cm³/mol. The lowest BCUT2D eigenvalue weighted by Gasteiger charge is -2.33. The number of imide groups is 1. The van der Waals surface area contributed by atoms with Gasteiger partial charge in [0.2, 0.25) is 0 Å². The third kappa shape index (κ3) is 3.53. The highest BCUT2D eigenvalue weighted by atomic mass is 32.1. The van der Waals surface area contributed by atoms with E-state index >= 15 is 0 Å². The third-order valence-electron chi connectivity index (χ3n) is 4.23. The van der Waals surface area contributed by atoms with Crippen molar-refractivity contribution in [2.75, 3.05) is 6.54 Å². The zero-order valence-corrected chi connectivity index (χ0v) is 14.1. The van der Waals surface area contributed by atoms with E-state index in [0.717, 1.165) is 36.2 Å². The number of rotatable bonds is 1. The van der Waals surface area contributed by atoms with Crippen molar-refractivity contribution in [3.05, 3.63) is 57.3 Å². The van der Waals surface area contributed by atoms with Crippen molar-refractivity contribution in [3.63, 3.8) is 0 Å². The summed E-state index contributed by atoms with van der Waals surface area (Å²) in [5.41, 5.74) is 0.223. The average Bonchev–Trinajstić information content (AvgIpc) is 3.04. The number of amides is 3. The molecule has 3 rings (SSSR count). The summed E-state index contributed by atoms with van der Waals surface area (Å²) in [6, 6.07) is 5.01. The third-order valence-corrected chi connectivity index (χ3v) is 5.23. The molecule has 0 bridgehead atoms. The fourth-order valence-electron chi connectivity index (χ4n) is 2.84. The zero-order chi connectivity index (χ0) is 18.2. The maximum Gasteiger partial charge on any atom is 0.416 e. The van der Waals surface area contributed by atoms with Crippen molar-refractivity contribution in [1.82, 2.24) is 10.2 Å². The van der Waals surface area contributed by atoms with Crippen molar-refractivity contribution in [2.45, 2.75) is 25.6 Å². The molecule has 132 valence electrons. The molecule has 0 fully saturated rings. The molecular formula is C17H15F3N2O2S. The number of thiophene rings is 1. The molecule has 0 spiro atoms.